The van der Waals surface area contributed by atoms with Crippen molar-refractivity contribution in [3.05, 3.63) is 24.5 Å². The summed E-state index contributed by atoms with van der Waals surface area (Å²) in [5.74, 6) is 0.0432. The van der Waals surface area contributed by atoms with Crippen molar-refractivity contribution in [2.45, 2.75) is 18.9 Å². The van der Waals surface area contributed by atoms with Gasteiger partial charge in [0.1, 0.15) is 18.1 Å². The second-order valence-corrected chi connectivity index (χ2v) is 7.60. The highest BCUT2D eigenvalue weighted by atomic mass is 32.2. The van der Waals surface area contributed by atoms with E-state index in [-0.39, 0.29) is 5.91 Å². The van der Waals surface area contributed by atoms with Crippen molar-refractivity contribution >= 4 is 21.6 Å². The van der Waals surface area contributed by atoms with Crippen LogP contribution in [0.15, 0.2) is 24.5 Å². The molecule has 10 nitrogen and oxygen atoms in total. The van der Waals surface area contributed by atoms with E-state index in [4.69, 9.17) is 4.74 Å². The van der Waals surface area contributed by atoms with Gasteiger partial charge in [0.2, 0.25) is 15.9 Å². The quantitative estimate of drug-likeness (QED) is 0.793. The minimum Gasteiger partial charge on any atom is -0.494 e. The van der Waals surface area contributed by atoms with E-state index in [1.54, 1.807) is 18.2 Å². The molecule has 1 fully saturated rings. The Hall–Kier alpha value is -2.53. The Balaban J connectivity index is 1.81. The molecule has 25 heavy (non-hydrogen) atoms. The van der Waals surface area contributed by atoms with Crippen molar-refractivity contribution in [2.75, 3.05) is 25.2 Å². The largest absolute Gasteiger partial charge is 0.494 e. The molecule has 0 radical (unpaired) electrons. The van der Waals surface area contributed by atoms with Crippen LogP contribution in [0.5, 0.6) is 5.75 Å². The normalized spacial score (nSPS) is 18.2. The number of hydrogen-bond acceptors (Lipinski definition) is 7. The third-order valence-corrected chi connectivity index (χ3v) is 5.28. The fourth-order valence-electron chi connectivity index (χ4n) is 2.82. The average Bonchev–Trinajstić information content (AvgIpc) is 3.26. The van der Waals surface area contributed by atoms with Gasteiger partial charge in [-0.15, -0.1) is 5.10 Å². The summed E-state index contributed by atoms with van der Waals surface area (Å²) in [4.78, 5) is 12.5. The van der Waals surface area contributed by atoms with E-state index in [1.807, 2.05) is 0 Å². The summed E-state index contributed by atoms with van der Waals surface area (Å²) in [5, 5.41) is 13.7. The first-order chi connectivity index (χ1) is 11.9. The van der Waals surface area contributed by atoms with Crippen LogP contribution in [-0.2, 0) is 14.8 Å². The van der Waals surface area contributed by atoms with E-state index in [1.165, 1.54) is 22.4 Å². The molecule has 1 atom stereocenters. The Morgan fingerprint density at radius 1 is 1.40 bits per heavy atom. The molecular formula is C14H18N6O4S. The molecule has 0 saturated carbocycles. The van der Waals surface area contributed by atoms with Gasteiger partial charge in [-0.05, 0) is 35.4 Å². The number of carbonyl (C=O) groups is 1. The average molecular weight is 366 g/mol. The molecule has 0 unspecified atom stereocenters. The van der Waals surface area contributed by atoms with Gasteiger partial charge in [-0.25, -0.2) is 13.1 Å². The van der Waals surface area contributed by atoms with Crippen molar-refractivity contribution in [3.8, 4) is 11.4 Å². The lowest BCUT2D eigenvalue weighted by atomic mass is 10.2. The fourth-order valence-corrected chi connectivity index (χ4v) is 3.94. The van der Waals surface area contributed by atoms with Crippen LogP contribution in [0.2, 0.25) is 0 Å². The van der Waals surface area contributed by atoms with E-state index in [2.05, 4.69) is 20.8 Å². The molecule has 1 aliphatic rings. The van der Waals surface area contributed by atoms with Crippen molar-refractivity contribution in [1.29, 1.82) is 0 Å². The molecule has 0 aliphatic carbocycles. The summed E-state index contributed by atoms with van der Waals surface area (Å²) in [7, 11) is -1.95. The maximum atomic E-state index is 12.5. The number of tetrazole rings is 1. The van der Waals surface area contributed by atoms with Gasteiger partial charge in [0.05, 0.1) is 24.7 Å². The van der Waals surface area contributed by atoms with Crippen LogP contribution in [0.4, 0.5) is 5.69 Å². The second kappa shape index (κ2) is 6.76. The zero-order chi connectivity index (χ0) is 18.0. The first-order valence-electron chi connectivity index (χ1n) is 7.59. The summed E-state index contributed by atoms with van der Waals surface area (Å²) in [6.07, 6.45) is 3.69. The zero-order valence-corrected chi connectivity index (χ0v) is 14.6. The van der Waals surface area contributed by atoms with Gasteiger partial charge in [0.25, 0.3) is 0 Å². The predicted molar refractivity (Wildman–Crippen MR) is 88.9 cm³/mol. The molecule has 3 rings (SSSR count). The van der Waals surface area contributed by atoms with Crippen molar-refractivity contribution < 1.29 is 17.9 Å². The Morgan fingerprint density at radius 2 is 2.20 bits per heavy atom. The number of anilines is 1. The maximum absolute atomic E-state index is 12.5. The first kappa shape index (κ1) is 17.3. The van der Waals surface area contributed by atoms with E-state index in [0.29, 0.717) is 36.5 Å². The number of rotatable bonds is 5. The van der Waals surface area contributed by atoms with Crippen LogP contribution >= 0.6 is 0 Å². The molecule has 1 N–H and O–H groups in total. The molecule has 0 bridgehead atoms. The highest BCUT2D eigenvalue weighted by molar-refractivity contribution is 7.88. The Morgan fingerprint density at radius 3 is 2.84 bits per heavy atom. The number of ether oxygens (including phenoxy) is 1. The van der Waals surface area contributed by atoms with Crippen molar-refractivity contribution in [1.82, 2.24) is 24.5 Å². The highest BCUT2D eigenvalue weighted by Gasteiger charge is 2.36. The lowest BCUT2D eigenvalue weighted by Gasteiger charge is -2.22. The number of nitrogens with one attached hydrogen (secondary N) is 1. The Bertz CT molecular complexity index is 867. The lowest BCUT2D eigenvalue weighted by molar-refractivity contribution is -0.119. The molecule has 1 amide bonds. The van der Waals surface area contributed by atoms with Crippen LogP contribution in [0.25, 0.3) is 5.69 Å². The van der Waals surface area contributed by atoms with Crippen LogP contribution in [-0.4, -0.2) is 64.8 Å². The molecule has 1 saturated heterocycles. The number of carbonyl (C=O) groups excluding carboxylic acids is 1. The van der Waals surface area contributed by atoms with Gasteiger partial charge in [0, 0.05) is 12.6 Å². The van der Waals surface area contributed by atoms with Gasteiger partial charge in [-0.1, -0.05) is 0 Å². The predicted octanol–water partition coefficient (Wildman–Crippen LogP) is 0.0334. The molecule has 1 aromatic carbocycles. The minimum absolute atomic E-state index is 0.353. The third kappa shape index (κ3) is 3.61. The SMILES string of the molecule is COc1cc(-n2cnnn2)ccc1NC(=O)[C@@H]1CCCN1S(C)(=O)=O. The van der Waals surface area contributed by atoms with Gasteiger partial charge in [0.15, 0.2) is 0 Å². The van der Waals surface area contributed by atoms with Crippen molar-refractivity contribution in [2.24, 2.45) is 0 Å². The number of benzene rings is 1. The molecule has 1 aromatic heterocycles. The summed E-state index contributed by atoms with van der Waals surface area (Å²) in [6, 6.07) is 4.35. The summed E-state index contributed by atoms with van der Waals surface area (Å²) in [6.45, 7) is 0.353. The minimum atomic E-state index is -3.43. The Kier molecular flexibility index (Phi) is 4.68. The highest BCUT2D eigenvalue weighted by Crippen LogP contribution is 2.28. The summed E-state index contributed by atoms with van der Waals surface area (Å²) in [5.41, 5.74) is 1.11. The summed E-state index contributed by atoms with van der Waals surface area (Å²) < 4.78 is 31.6. The fraction of sp³-hybridized carbons (Fsp3) is 0.429. The standard InChI is InChI=1S/C14H18N6O4S/c1-24-13-8-10(19-9-15-17-18-19)5-6-11(13)16-14(21)12-4-3-7-20(12)25(2,22)23/h5-6,8-9,12H,3-4,7H2,1-2H3,(H,16,21)/t12-/m0/s1. The van der Waals surface area contributed by atoms with Gasteiger partial charge < -0.3 is 10.1 Å². The second-order valence-electron chi connectivity index (χ2n) is 5.66. The van der Waals surface area contributed by atoms with Crippen molar-refractivity contribution in [3.63, 3.8) is 0 Å². The lowest BCUT2D eigenvalue weighted by Crippen LogP contribution is -2.42. The van der Waals surface area contributed by atoms with Gasteiger partial charge in [-0.2, -0.15) is 4.31 Å². The summed E-state index contributed by atoms with van der Waals surface area (Å²) >= 11 is 0. The van der Waals surface area contributed by atoms with E-state index in [0.717, 1.165) is 6.26 Å². The number of sulfonamides is 1. The number of hydrogen-bond donors (Lipinski definition) is 1. The van der Waals surface area contributed by atoms with Crippen LogP contribution in [0.1, 0.15) is 12.8 Å². The molecule has 134 valence electrons. The number of methoxy groups -OCH3 is 1. The first-order valence-corrected chi connectivity index (χ1v) is 9.44. The van der Waals surface area contributed by atoms with E-state index in [9.17, 15) is 13.2 Å². The topological polar surface area (TPSA) is 119 Å². The molecule has 11 heteroatoms. The smallest absolute Gasteiger partial charge is 0.242 e. The van der Waals surface area contributed by atoms with Gasteiger partial charge in [-0.3, -0.25) is 4.79 Å². The molecule has 2 heterocycles. The zero-order valence-electron chi connectivity index (χ0n) is 13.8. The molecule has 0 spiro atoms. The van der Waals surface area contributed by atoms with Gasteiger partial charge >= 0.3 is 0 Å². The number of aromatic nitrogens is 4. The monoisotopic (exact) mass is 366 g/mol. The van der Waals surface area contributed by atoms with E-state index >= 15 is 0 Å². The molecule has 1 aliphatic heterocycles. The van der Waals surface area contributed by atoms with Crippen LogP contribution in [0.3, 0.4) is 0 Å². The maximum Gasteiger partial charge on any atom is 0.242 e. The van der Waals surface area contributed by atoms with Crippen LogP contribution < -0.4 is 10.1 Å². The van der Waals surface area contributed by atoms with E-state index < -0.39 is 16.1 Å². The molecular weight excluding hydrogens is 348 g/mol. The van der Waals surface area contributed by atoms with Crippen LogP contribution in [0, 0.1) is 0 Å². The molecule has 2 aromatic rings. The third-order valence-electron chi connectivity index (χ3n) is 3.99. The number of nitrogens with zero attached hydrogens (tertiary/aromatic N) is 5. The number of amides is 1. The Labute approximate surface area is 144 Å².